The number of rotatable bonds is 13. The van der Waals surface area contributed by atoms with Gasteiger partial charge in [-0.15, -0.1) is 0 Å². The minimum absolute atomic E-state index is 0.0655. The molecule has 1 fully saturated rings. The second kappa shape index (κ2) is 13.7. The Morgan fingerprint density at radius 2 is 1.71 bits per heavy atom. The van der Waals surface area contributed by atoms with E-state index in [0.717, 1.165) is 31.6 Å². The third-order valence-electron chi connectivity index (χ3n) is 5.45. The number of hydrogen-bond acceptors (Lipinski definition) is 4. The first kappa shape index (κ1) is 22.9. The molecule has 158 valence electrons. The normalized spacial score (nSPS) is 16.1. The first-order chi connectivity index (χ1) is 13.8. The van der Waals surface area contributed by atoms with E-state index >= 15 is 0 Å². The van der Waals surface area contributed by atoms with Crippen molar-refractivity contribution in [2.24, 2.45) is 0 Å². The second-order valence-electron chi connectivity index (χ2n) is 7.61. The maximum Gasteiger partial charge on any atom is 0.228 e. The van der Waals surface area contributed by atoms with Gasteiger partial charge in [0.25, 0.3) is 0 Å². The molecule has 1 aromatic rings. The third kappa shape index (κ3) is 7.53. The molecule has 1 saturated heterocycles. The van der Waals surface area contributed by atoms with Crippen molar-refractivity contribution in [1.82, 2.24) is 4.90 Å². The van der Waals surface area contributed by atoms with Gasteiger partial charge in [-0.3, -0.25) is 14.6 Å². The van der Waals surface area contributed by atoms with E-state index in [-0.39, 0.29) is 18.7 Å². The van der Waals surface area contributed by atoms with Crippen LogP contribution in [0.1, 0.15) is 64.7 Å². The van der Waals surface area contributed by atoms with Gasteiger partial charge in [0.1, 0.15) is 0 Å². The molecule has 1 N–H and O–H groups in total. The number of carbonyl (C=O) groups excluding carboxylic acids is 1. The SMILES string of the molecule is CCCCCCCCCC(=O)N(c1ccccc1)C(CCO)N1CCOCC1. The van der Waals surface area contributed by atoms with E-state index in [2.05, 4.69) is 11.8 Å². The Hall–Kier alpha value is -1.43. The van der Waals surface area contributed by atoms with Gasteiger partial charge >= 0.3 is 0 Å². The van der Waals surface area contributed by atoms with Crippen molar-refractivity contribution in [3.8, 4) is 0 Å². The van der Waals surface area contributed by atoms with Crippen LogP contribution < -0.4 is 4.90 Å². The summed E-state index contributed by atoms with van der Waals surface area (Å²) in [7, 11) is 0. The molecule has 1 heterocycles. The summed E-state index contributed by atoms with van der Waals surface area (Å²) >= 11 is 0. The lowest BCUT2D eigenvalue weighted by atomic mass is 10.1. The average Bonchev–Trinajstić information content (AvgIpc) is 2.74. The Morgan fingerprint density at radius 1 is 1.07 bits per heavy atom. The van der Waals surface area contributed by atoms with Crippen molar-refractivity contribution < 1.29 is 14.6 Å². The zero-order valence-electron chi connectivity index (χ0n) is 17.5. The predicted octanol–water partition coefficient (Wildman–Crippen LogP) is 4.20. The van der Waals surface area contributed by atoms with Crippen molar-refractivity contribution in [1.29, 1.82) is 0 Å². The molecule has 0 spiro atoms. The zero-order chi connectivity index (χ0) is 20.0. The quantitative estimate of drug-likeness (QED) is 0.513. The molecule has 1 unspecified atom stereocenters. The number of para-hydroxylation sites is 1. The fourth-order valence-electron chi connectivity index (χ4n) is 3.89. The number of anilines is 1. The van der Waals surface area contributed by atoms with E-state index in [9.17, 15) is 9.90 Å². The molecule has 28 heavy (non-hydrogen) atoms. The zero-order valence-corrected chi connectivity index (χ0v) is 17.5. The molecule has 1 aromatic carbocycles. The van der Waals surface area contributed by atoms with Crippen LogP contribution in [0.15, 0.2) is 30.3 Å². The number of aliphatic hydroxyl groups excluding tert-OH is 1. The summed E-state index contributed by atoms with van der Waals surface area (Å²) in [6.07, 6.45) is 9.40. The highest BCUT2D eigenvalue weighted by molar-refractivity contribution is 5.93. The fourth-order valence-corrected chi connectivity index (χ4v) is 3.89. The summed E-state index contributed by atoms with van der Waals surface area (Å²) in [6, 6.07) is 9.90. The maximum atomic E-state index is 13.2. The summed E-state index contributed by atoms with van der Waals surface area (Å²) in [5.74, 6) is 0.157. The highest BCUT2D eigenvalue weighted by Crippen LogP contribution is 2.23. The van der Waals surface area contributed by atoms with E-state index < -0.39 is 0 Å². The number of benzene rings is 1. The number of ether oxygens (including phenoxy) is 1. The van der Waals surface area contributed by atoms with Gasteiger partial charge in [0.15, 0.2) is 0 Å². The highest BCUT2D eigenvalue weighted by atomic mass is 16.5. The number of carbonyl (C=O) groups is 1. The molecule has 0 aliphatic carbocycles. The minimum atomic E-state index is -0.117. The lowest BCUT2D eigenvalue weighted by Crippen LogP contribution is -2.55. The van der Waals surface area contributed by atoms with Crippen LogP contribution in [0.5, 0.6) is 0 Å². The maximum absolute atomic E-state index is 13.2. The summed E-state index contributed by atoms with van der Waals surface area (Å²) in [4.78, 5) is 17.4. The Labute approximate surface area is 170 Å². The van der Waals surface area contributed by atoms with Crippen LogP contribution in [-0.2, 0) is 9.53 Å². The largest absolute Gasteiger partial charge is 0.396 e. The van der Waals surface area contributed by atoms with Crippen LogP contribution >= 0.6 is 0 Å². The second-order valence-corrected chi connectivity index (χ2v) is 7.61. The van der Waals surface area contributed by atoms with Gasteiger partial charge < -0.3 is 9.84 Å². The molecule has 0 bridgehead atoms. The topological polar surface area (TPSA) is 53.0 Å². The monoisotopic (exact) mass is 390 g/mol. The summed E-state index contributed by atoms with van der Waals surface area (Å²) < 4.78 is 5.49. The number of amides is 1. The van der Waals surface area contributed by atoms with Gasteiger partial charge in [-0.25, -0.2) is 0 Å². The smallest absolute Gasteiger partial charge is 0.228 e. The standard InChI is InChI=1S/C23H38N2O3/c1-2-3-4-5-6-7-11-14-23(27)25(21-12-9-8-10-13-21)22(15-18-26)24-16-19-28-20-17-24/h8-10,12-13,22,26H,2-7,11,14-20H2,1H3. The number of morpholine rings is 1. The van der Waals surface area contributed by atoms with Crippen LogP contribution in [-0.4, -0.2) is 55.0 Å². The molecule has 0 aromatic heterocycles. The van der Waals surface area contributed by atoms with Crippen molar-refractivity contribution in [3.05, 3.63) is 30.3 Å². The van der Waals surface area contributed by atoms with Crippen LogP contribution in [0.4, 0.5) is 5.69 Å². The van der Waals surface area contributed by atoms with Crippen LogP contribution in [0.2, 0.25) is 0 Å². The predicted molar refractivity (Wildman–Crippen MR) is 114 cm³/mol. The van der Waals surface area contributed by atoms with Crippen LogP contribution in [0.25, 0.3) is 0 Å². The highest BCUT2D eigenvalue weighted by Gasteiger charge is 2.30. The Kier molecular flexibility index (Phi) is 11.2. The third-order valence-corrected chi connectivity index (χ3v) is 5.45. The molecular formula is C23H38N2O3. The molecule has 0 saturated carbocycles. The molecule has 0 radical (unpaired) electrons. The number of unbranched alkanes of at least 4 members (excludes halogenated alkanes) is 6. The molecule has 2 rings (SSSR count). The van der Waals surface area contributed by atoms with Crippen molar-refractivity contribution in [2.75, 3.05) is 37.8 Å². The van der Waals surface area contributed by atoms with Gasteiger partial charge in [0.05, 0.1) is 19.4 Å². The number of aliphatic hydroxyl groups is 1. The first-order valence-corrected chi connectivity index (χ1v) is 11.1. The first-order valence-electron chi connectivity index (χ1n) is 11.1. The number of nitrogens with zero attached hydrogens (tertiary/aromatic N) is 2. The van der Waals surface area contributed by atoms with Gasteiger partial charge in [0.2, 0.25) is 5.91 Å². The molecule has 1 aliphatic rings. The van der Waals surface area contributed by atoms with Gasteiger partial charge in [-0.1, -0.05) is 63.6 Å². The average molecular weight is 391 g/mol. The van der Waals surface area contributed by atoms with E-state index in [4.69, 9.17) is 4.74 Å². The molecule has 1 amide bonds. The Balaban J connectivity index is 2.00. The van der Waals surface area contributed by atoms with E-state index in [1.807, 2.05) is 35.2 Å². The Bertz CT molecular complexity index is 532. The van der Waals surface area contributed by atoms with E-state index in [1.54, 1.807) is 0 Å². The molecular weight excluding hydrogens is 352 g/mol. The van der Waals surface area contributed by atoms with Crippen LogP contribution in [0, 0.1) is 0 Å². The molecule has 5 nitrogen and oxygen atoms in total. The summed E-state index contributed by atoms with van der Waals surface area (Å²) in [5, 5.41) is 9.67. The van der Waals surface area contributed by atoms with Crippen molar-refractivity contribution in [3.63, 3.8) is 0 Å². The van der Waals surface area contributed by atoms with Crippen LogP contribution in [0.3, 0.4) is 0 Å². The Morgan fingerprint density at radius 3 is 2.36 bits per heavy atom. The van der Waals surface area contributed by atoms with Crippen molar-refractivity contribution >= 4 is 11.6 Å². The van der Waals surface area contributed by atoms with E-state index in [0.29, 0.717) is 26.1 Å². The lowest BCUT2D eigenvalue weighted by molar-refractivity contribution is -0.120. The lowest BCUT2D eigenvalue weighted by Gasteiger charge is -2.41. The van der Waals surface area contributed by atoms with Crippen molar-refractivity contribution in [2.45, 2.75) is 70.9 Å². The fraction of sp³-hybridized carbons (Fsp3) is 0.696. The van der Waals surface area contributed by atoms with Gasteiger partial charge in [-0.05, 0) is 18.6 Å². The van der Waals surface area contributed by atoms with Gasteiger partial charge in [-0.2, -0.15) is 0 Å². The van der Waals surface area contributed by atoms with Gasteiger partial charge in [0, 0.05) is 38.2 Å². The summed E-state index contributed by atoms with van der Waals surface area (Å²) in [6.45, 7) is 5.23. The molecule has 5 heteroatoms. The van der Waals surface area contributed by atoms with E-state index in [1.165, 1.54) is 32.1 Å². The molecule has 1 atom stereocenters. The minimum Gasteiger partial charge on any atom is -0.396 e. The molecule has 1 aliphatic heterocycles. The summed E-state index contributed by atoms with van der Waals surface area (Å²) in [5.41, 5.74) is 0.917. The number of hydrogen-bond donors (Lipinski definition) is 1.